The number of hydrogen-bond acceptors (Lipinski definition) is 4. The molecule has 40 heavy (non-hydrogen) atoms. The molecule has 1 aromatic carbocycles. The van der Waals surface area contributed by atoms with E-state index in [1.54, 1.807) is 0 Å². The summed E-state index contributed by atoms with van der Waals surface area (Å²) < 4.78 is 10.5. The molecule has 0 atom stereocenters. The summed E-state index contributed by atoms with van der Waals surface area (Å²) in [6, 6.07) is 21.0. The van der Waals surface area contributed by atoms with E-state index in [0.29, 0.717) is 11.5 Å². The van der Waals surface area contributed by atoms with Gasteiger partial charge in [-0.05, 0) is 60.3 Å². The molecule has 0 N–H and O–H groups in total. The van der Waals surface area contributed by atoms with Crippen LogP contribution in [0.4, 0.5) is 0 Å². The van der Waals surface area contributed by atoms with Crippen molar-refractivity contribution in [1.29, 1.82) is 0 Å². The second-order valence-corrected chi connectivity index (χ2v) is 11.9. The van der Waals surface area contributed by atoms with E-state index in [-0.39, 0.29) is 38.3 Å². The number of pyridine rings is 2. The summed E-state index contributed by atoms with van der Waals surface area (Å²) in [5, 5.41) is 4.60. The fourth-order valence-corrected chi connectivity index (χ4v) is 4.98. The fourth-order valence-electron chi connectivity index (χ4n) is 4.98. The maximum absolute atomic E-state index is 6.39. The number of hydrogen-bond donors (Lipinski definition) is 0. The maximum atomic E-state index is 6.39. The molecule has 5 aromatic rings. The van der Waals surface area contributed by atoms with Crippen LogP contribution in [0.15, 0.2) is 48.7 Å². The minimum atomic E-state index is -0.0117. The number of benzene rings is 1. The molecule has 0 unspecified atom stereocenters. The Labute approximate surface area is 252 Å². The molecule has 0 fully saturated rings. The van der Waals surface area contributed by atoms with E-state index in [0.717, 1.165) is 39.8 Å². The second-order valence-electron chi connectivity index (χ2n) is 11.9. The average molecular weight is 715 g/mol. The van der Waals surface area contributed by atoms with Gasteiger partial charge in [-0.2, -0.15) is 11.2 Å². The first-order valence-corrected chi connectivity index (χ1v) is 13.6. The topological polar surface area (TPSA) is 57.2 Å². The predicted molar refractivity (Wildman–Crippen MR) is 156 cm³/mol. The Balaban J connectivity index is 0.00000370. The number of ether oxygens (including phenoxy) is 1. The molecule has 4 heterocycles. The standard InChI is InChI=1S/C33H37N5O.Pt/c1-20(2)31-32(21(3)4)37-29(28-16-24(13-14-34-28)33(7,8)9)18-27(19-30(37)35-31)39-26-12-10-11-25(17-26)38-23(6)15-22(5)36-38;/h10-16,19-21H,1-9H3;/q-2;+2. The van der Waals surface area contributed by atoms with Crippen LogP contribution in [0.1, 0.15) is 88.6 Å². The molecule has 0 amide bonds. The Bertz CT molecular complexity index is 1660. The van der Waals surface area contributed by atoms with Crippen molar-refractivity contribution in [2.45, 2.75) is 79.6 Å². The van der Waals surface area contributed by atoms with E-state index in [1.165, 1.54) is 11.3 Å². The van der Waals surface area contributed by atoms with Gasteiger partial charge in [-0.15, -0.1) is 24.3 Å². The summed E-state index contributed by atoms with van der Waals surface area (Å²) in [7, 11) is 0. The van der Waals surface area contributed by atoms with E-state index in [1.807, 2.05) is 55.1 Å². The zero-order valence-electron chi connectivity index (χ0n) is 24.7. The van der Waals surface area contributed by atoms with Crippen LogP contribution in [0.5, 0.6) is 11.5 Å². The molecule has 0 saturated heterocycles. The second kappa shape index (κ2) is 11.3. The largest absolute Gasteiger partial charge is 2.00 e. The van der Waals surface area contributed by atoms with E-state index < -0.39 is 0 Å². The Kier molecular flexibility index (Phi) is 8.42. The third-order valence-corrected chi connectivity index (χ3v) is 6.87. The molecule has 0 saturated carbocycles. The number of aromatic nitrogens is 5. The molecular formula is C33H37N5OPt. The van der Waals surface area contributed by atoms with Crippen molar-refractivity contribution < 1.29 is 25.8 Å². The van der Waals surface area contributed by atoms with E-state index in [2.05, 4.69) is 82.2 Å². The fraction of sp³-hybridized carbons (Fsp3) is 0.364. The third-order valence-electron chi connectivity index (χ3n) is 6.87. The molecule has 210 valence electrons. The Morgan fingerprint density at radius 3 is 2.27 bits per heavy atom. The normalized spacial score (nSPS) is 11.9. The molecule has 6 nitrogen and oxygen atoms in total. The Morgan fingerprint density at radius 2 is 1.65 bits per heavy atom. The molecule has 4 aromatic heterocycles. The smallest absolute Gasteiger partial charge is 0.509 e. The number of rotatable bonds is 6. The SMILES string of the molecule is Cc1cc(C)n(-c2[c-]c(Oc3[c-]c(-c4cc(C(C)(C)C)ccn4)n4c(C(C)C)c(C(C)C)nc4c3)ccc2)n1.[Pt+2]. The van der Waals surface area contributed by atoms with E-state index in [4.69, 9.17) is 14.7 Å². The average Bonchev–Trinajstić information content (AvgIpc) is 3.43. The van der Waals surface area contributed by atoms with Gasteiger partial charge < -0.3 is 14.1 Å². The number of aryl methyl sites for hydroxylation is 2. The molecule has 0 radical (unpaired) electrons. The first kappa shape index (κ1) is 29.7. The quantitative estimate of drug-likeness (QED) is 0.167. The minimum absolute atomic E-state index is 0. The Hall–Kier alpha value is -3.24. The molecule has 0 aliphatic rings. The van der Waals surface area contributed by atoms with Crippen LogP contribution < -0.4 is 4.74 Å². The zero-order valence-corrected chi connectivity index (χ0v) is 27.0. The zero-order chi connectivity index (χ0) is 28.1. The number of imidazole rings is 1. The third kappa shape index (κ3) is 5.78. The first-order chi connectivity index (χ1) is 18.4. The molecule has 0 spiro atoms. The van der Waals surface area contributed by atoms with Gasteiger partial charge >= 0.3 is 21.1 Å². The van der Waals surface area contributed by atoms with Crippen molar-refractivity contribution in [3.63, 3.8) is 0 Å². The van der Waals surface area contributed by atoms with Gasteiger partial charge in [-0.25, -0.2) is 4.98 Å². The molecule has 5 rings (SSSR count). The van der Waals surface area contributed by atoms with Crippen molar-refractivity contribution in [2.24, 2.45) is 0 Å². The molecular weight excluding hydrogens is 677 g/mol. The van der Waals surface area contributed by atoms with Crippen LogP contribution in [0, 0.1) is 26.0 Å². The molecule has 0 aliphatic carbocycles. The van der Waals surface area contributed by atoms with Crippen LogP contribution in [0.25, 0.3) is 22.7 Å². The molecule has 7 heteroatoms. The van der Waals surface area contributed by atoms with Crippen molar-refractivity contribution in [3.8, 4) is 28.6 Å². The van der Waals surface area contributed by atoms with Crippen molar-refractivity contribution >= 4 is 5.65 Å². The summed E-state index contributed by atoms with van der Waals surface area (Å²) in [6.45, 7) is 19.5. The van der Waals surface area contributed by atoms with Gasteiger partial charge in [0.25, 0.3) is 0 Å². The minimum Gasteiger partial charge on any atom is -0.509 e. The number of nitrogens with zero attached hydrogens (tertiary/aromatic N) is 5. The van der Waals surface area contributed by atoms with Crippen LogP contribution in [-0.4, -0.2) is 24.1 Å². The van der Waals surface area contributed by atoms with Crippen molar-refractivity contribution in [2.75, 3.05) is 0 Å². The molecule has 0 aliphatic heterocycles. The summed E-state index contributed by atoms with van der Waals surface area (Å²) in [4.78, 5) is 9.87. The summed E-state index contributed by atoms with van der Waals surface area (Å²) in [5.41, 5.74) is 8.79. The van der Waals surface area contributed by atoms with Crippen LogP contribution >= 0.6 is 0 Å². The van der Waals surface area contributed by atoms with Crippen LogP contribution in [0.2, 0.25) is 0 Å². The van der Waals surface area contributed by atoms with Gasteiger partial charge in [0.2, 0.25) is 0 Å². The number of fused-ring (bicyclic) bond motifs is 1. The van der Waals surface area contributed by atoms with Gasteiger partial charge in [0, 0.05) is 29.1 Å². The van der Waals surface area contributed by atoms with Crippen LogP contribution in [-0.2, 0) is 26.5 Å². The molecule has 0 bridgehead atoms. The van der Waals surface area contributed by atoms with Gasteiger partial charge in [0.15, 0.2) is 0 Å². The summed E-state index contributed by atoms with van der Waals surface area (Å²) >= 11 is 0. The predicted octanol–water partition coefficient (Wildman–Crippen LogP) is 8.13. The van der Waals surface area contributed by atoms with Crippen LogP contribution in [0.3, 0.4) is 0 Å². The summed E-state index contributed by atoms with van der Waals surface area (Å²) in [6.07, 6.45) is 1.88. The monoisotopic (exact) mass is 714 g/mol. The van der Waals surface area contributed by atoms with Gasteiger partial charge in [0.05, 0.1) is 17.0 Å². The maximum Gasteiger partial charge on any atom is 2.00 e. The van der Waals surface area contributed by atoms with E-state index in [9.17, 15) is 0 Å². The van der Waals surface area contributed by atoms with E-state index >= 15 is 0 Å². The van der Waals surface area contributed by atoms with Crippen molar-refractivity contribution in [3.05, 3.63) is 89.1 Å². The van der Waals surface area contributed by atoms with Crippen molar-refractivity contribution in [1.82, 2.24) is 24.1 Å². The van der Waals surface area contributed by atoms with Gasteiger partial charge in [0.1, 0.15) is 0 Å². The van der Waals surface area contributed by atoms with Gasteiger partial charge in [-0.3, -0.25) is 4.68 Å². The van der Waals surface area contributed by atoms with Gasteiger partial charge in [-0.1, -0.05) is 66.2 Å². The summed E-state index contributed by atoms with van der Waals surface area (Å²) in [5.74, 6) is 1.70. The Morgan fingerprint density at radius 1 is 0.900 bits per heavy atom. The first-order valence-electron chi connectivity index (χ1n) is 13.6.